The standard InChI is InChI=1S/C21H20N4O2S/c1-3-19(20(27)23-17-11-9-15(10-12-17)14(2)26)28-21-22-13-18(24-25-21)16-7-5-4-6-8-16/h4-13,19H,3H2,1-2H3,(H,23,27)/t19-/m1/s1. The largest absolute Gasteiger partial charge is 0.325 e. The molecule has 1 atom stereocenters. The van der Waals surface area contributed by atoms with Crippen molar-refractivity contribution in [2.75, 3.05) is 5.32 Å². The Morgan fingerprint density at radius 3 is 2.32 bits per heavy atom. The zero-order valence-electron chi connectivity index (χ0n) is 15.6. The number of carbonyl (C=O) groups is 2. The van der Waals surface area contributed by atoms with Crippen LogP contribution >= 0.6 is 11.8 Å². The molecule has 0 aliphatic rings. The summed E-state index contributed by atoms with van der Waals surface area (Å²) in [7, 11) is 0. The van der Waals surface area contributed by atoms with Crippen molar-refractivity contribution >= 4 is 29.1 Å². The molecule has 7 heteroatoms. The van der Waals surface area contributed by atoms with Crippen LogP contribution in [0, 0.1) is 0 Å². The van der Waals surface area contributed by atoms with Crippen molar-refractivity contribution in [2.24, 2.45) is 0 Å². The number of anilines is 1. The number of hydrogen-bond acceptors (Lipinski definition) is 6. The molecule has 1 amide bonds. The highest BCUT2D eigenvalue weighted by Gasteiger charge is 2.20. The van der Waals surface area contributed by atoms with Crippen LogP contribution in [0.5, 0.6) is 0 Å². The van der Waals surface area contributed by atoms with Gasteiger partial charge in [-0.2, -0.15) is 0 Å². The molecule has 1 heterocycles. The summed E-state index contributed by atoms with van der Waals surface area (Å²) in [5.41, 5.74) is 2.88. The number of ketones is 1. The van der Waals surface area contributed by atoms with Crippen molar-refractivity contribution in [2.45, 2.75) is 30.7 Å². The van der Waals surface area contributed by atoms with Gasteiger partial charge in [-0.25, -0.2) is 4.98 Å². The summed E-state index contributed by atoms with van der Waals surface area (Å²) in [4.78, 5) is 28.3. The first-order valence-electron chi connectivity index (χ1n) is 8.90. The molecule has 0 radical (unpaired) electrons. The molecule has 142 valence electrons. The van der Waals surface area contributed by atoms with Gasteiger partial charge in [0.25, 0.3) is 0 Å². The fourth-order valence-electron chi connectivity index (χ4n) is 2.52. The Morgan fingerprint density at radius 2 is 1.75 bits per heavy atom. The van der Waals surface area contributed by atoms with E-state index in [0.717, 1.165) is 5.56 Å². The Kier molecular flexibility index (Phi) is 6.49. The summed E-state index contributed by atoms with van der Waals surface area (Å²) in [5.74, 6) is -0.151. The second-order valence-corrected chi connectivity index (χ2v) is 7.30. The SMILES string of the molecule is CC[C@@H](Sc1ncc(-c2ccccc2)nn1)C(=O)Nc1ccc(C(C)=O)cc1. The van der Waals surface area contributed by atoms with Gasteiger partial charge in [-0.05, 0) is 37.6 Å². The van der Waals surface area contributed by atoms with Gasteiger partial charge >= 0.3 is 0 Å². The number of hydrogen-bond donors (Lipinski definition) is 1. The third-order valence-corrected chi connectivity index (χ3v) is 5.31. The topological polar surface area (TPSA) is 84.8 Å². The van der Waals surface area contributed by atoms with E-state index in [1.807, 2.05) is 37.3 Å². The van der Waals surface area contributed by atoms with Crippen LogP contribution < -0.4 is 5.32 Å². The number of nitrogens with zero attached hydrogens (tertiary/aromatic N) is 3. The zero-order valence-corrected chi connectivity index (χ0v) is 16.4. The molecule has 3 aromatic rings. The van der Waals surface area contributed by atoms with E-state index in [1.54, 1.807) is 30.5 Å². The molecule has 3 rings (SSSR count). The molecule has 0 aliphatic carbocycles. The van der Waals surface area contributed by atoms with Gasteiger partial charge in [0.15, 0.2) is 5.78 Å². The van der Waals surface area contributed by atoms with Gasteiger partial charge in [-0.15, -0.1) is 10.2 Å². The monoisotopic (exact) mass is 392 g/mol. The fourth-order valence-corrected chi connectivity index (χ4v) is 3.31. The van der Waals surface area contributed by atoms with Crippen LogP contribution in [0.1, 0.15) is 30.6 Å². The van der Waals surface area contributed by atoms with Crippen LogP contribution in [0.15, 0.2) is 66.0 Å². The number of rotatable bonds is 7. The van der Waals surface area contributed by atoms with Crippen molar-refractivity contribution < 1.29 is 9.59 Å². The molecule has 28 heavy (non-hydrogen) atoms. The van der Waals surface area contributed by atoms with Crippen LogP contribution in [0.25, 0.3) is 11.3 Å². The third-order valence-electron chi connectivity index (χ3n) is 4.08. The number of aromatic nitrogens is 3. The summed E-state index contributed by atoms with van der Waals surface area (Å²) in [6.07, 6.45) is 2.28. The minimum atomic E-state index is -0.350. The van der Waals surface area contributed by atoms with Crippen LogP contribution in [-0.4, -0.2) is 32.1 Å². The third kappa shape index (κ3) is 5.01. The summed E-state index contributed by atoms with van der Waals surface area (Å²) < 4.78 is 0. The molecule has 2 aromatic carbocycles. The maximum atomic E-state index is 12.6. The van der Waals surface area contributed by atoms with Crippen molar-refractivity contribution in [3.63, 3.8) is 0 Å². The van der Waals surface area contributed by atoms with E-state index in [1.165, 1.54) is 18.7 Å². The summed E-state index contributed by atoms with van der Waals surface area (Å²) >= 11 is 1.28. The average Bonchev–Trinajstić information content (AvgIpc) is 2.73. The Labute approximate surface area is 167 Å². The van der Waals surface area contributed by atoms with E-state index in [2.05, 4.69) is 20.5 Å². The van der Waals surface area contributed by atoms with Gasteiger partial charge in [0, 0.05) is 16.8 Å². The van der Waals surface area contributed by atoms with Crippen molar-refractivity contribution in [3.05, 3.63) is 66.4 Å². The highest BCUT2D eigenvalue weighted by Crippen LogP contribution is 2.24. The number of carbonyl (C=O) groups excluding carboxylic acids is 2. The number of thioether (sulfide) groups is 1. The first-order chi connectivity index (χ1) is 13.6. The normalized spacial score (nSPS) is 11.6. The van der Waals surface area contributed by atoms with Crippen molar-refractivity contribution in [1.29, 1.82) is 0 Å². The molecule has 0 saturated heterocycles. The number of nitrogens with one attached hydrogen (secondary N) is 1. The first-order valence-corrected chi connectivity index (χ1v) is 9.78. The number of benzene rings is 2. The molecule has 0 bridgehead atoms. The van der Waals surface area contributed by atoms with Crippen LogP contribution in [0.3, 0.4) is 0 Å². The molecule has 1 N–H and O–H groups in total. The Balaban J connectivity index is 1.64. The molecule has 0 spiro atoms. The second kappa shape index (κ2) is 9.23. The minimum Gasteiger partial charge on any atom is -0.325 e. The Hall–Kier alpha value is -3.06. The molecular weight excluding hydrogens is 372 g/mol. The van der Waals surface area contributed by atoms with Gasteiger partial charge in [0.05, 0.1) is 11.4 Å². The maximum Gasteiger partial charge on any atom is 0.237 e. The predicted molar refractivity (Wildman–Crippen MR) is 110 cm³/mol. The van der Waals surface area contributed by atoms with Gasteiger partial charge in [0.2, 0.25) is 11.1 Å². The van der Waals surface area contributed by atoms with E-state index < -0.39 is 0 Å². The maximum absolute atomic E-state index is 12.6. The summed E-state index contributed by atoms with van der Waals surface area (Å²) in [5, 5.41) is 11.3. The quantitative estimate of drug-likeness (QED) is 0.478. The van der Waals surface area contributed by atoms with Gasteiger partial charge in [-0.1, -0.05) is 49.0 Å². The molecule has 6 nitrogen and oxygen atoms in total. The predicted octanol–water partition coefficient (Wildman–Crippen LogP) is 4.25. The van der Waals surface area contributed by atoms with E-state index in [9.17, 15) is 9.59 Å². The number of amides is 1. The fraction of sp³-hybridized carbons (Fsp3) is 0.190. The summed E-state index contributed by atoms with van der Waals surface area (Å²) in [6.45, 7) is 3.44. The molecule has 0 unspecified atom stereocenters. The first kappa shape index (κ1) is 19.7. The minimum absolute atomic E-state index is 0.0107. The molecular formula is C21H20N4O2S. The highest BCUT2D eigenvalue weighted by molar-refractivity contribution is 8.00. The van der Waals surface area contributed by atoms with Gasteiger partial charge < -0.3 is 5.32 Å². The lowest BCUT2D eigenvalue weighted by molar-refractivity contribution is -0.115. The van der Waals surface area contributed by atoms with Crippen LogP contribution in [-0.2, 0) is 4.79 Å². The van der Waals surface area contributed by atoms with Crippen molar-refractivity contribution in [1.82, 2.24) is 15.2 Å². The molecule has 0 fully saturated rings. The average molecular weight is 392 g/mol. The molecule has 1 aromatic heterocycles. The van der Waals surface area contributed by atoms with E-state index in [0.29, 0.717) is 28.5 Å². The second-order valence-electron chi connectivity index (χ2n) is 6.13. The van der Waals surface area contributed by atoms with E-state index >= 15 is 0 Å². The Bertz CT molecular complexity index is 944. The van der Waals surface area contributed by atoms with Crippen LogP contribution in [0.4, 0.5) is 5.69 Å². The molecule has 0 aliphatic heterocycles. The lowest BCUT2D eigenvalue weighted by Crippen LogP contribution is -2.24. The Morgan fingerprint density at radius 1 is 1.04 bits per heavy atom. The number of Topliss-reactive ketones (excluding diaryl/α,β-unsaturated/α-hetero) is 1. The zero-order chi connectivity index (χ0) is 19.9. The smallest absolute Gasteiger partial charge is 0.237 e. The van der Waals surface area contributed by atoms with Gasteiger partial charge in [-0.3, -0.25) is 9.59 Å². The lowest BCUT2D eigenvalue weighted by Gasteiger charge is -2.13. The summed E-state index contributed by atoms with van der Waals surface area (Å²) in [6, 6.07) is 16.5. The van der Waals surface area contributed by atoms with Crippen molar-refractivity contribution in [3.8, 4) is 11.3 Å². The van der Waals surface area contributed by atoms with Gasteiger partial charge in [0.1, 0.15) is 5.69 Å². The molecule has 0 saturated carbocycles. The lowest BCUT2D eigenvalue weighted by atomic mass is 10.1. The van der Waals surface area contributed by atoms with E-state index in [4.69, 9.17) is 0 Å². The van der Waals surface area contributed by atoms with Crippen LogP contribution in [0.2, 0.25) is 0 Å². The highest BCUT2D eigenvalue weighted by atomic mass is 32.2. The van der Waals surface area contributed by atoms with E-state index in [-0.39, 0.29) is 16.9 Å².